The van der Waals surface area contributed by atoms with Crippen LogP contribution in [0.25, 0.3) is 0 Å². The highest BCUT2D eigenvalue weighted by atomic mass is 16.8. The van der Waals surface area contributed by atoms with Crippen LogP contribution in [0.4, 0.5) is 0 Å². The predicted octanol–water partition coefficient (Wildman–Crippen LogP) is -0.530. The highest BCUT2D eigenvalue weighted by Gasteiger charge is 1.78. The van der Waals surface area contributed by atoms with Crippen LogP contribution in [-0.4, -0.2) is 5.16 Å². The van der Waals surface area contributed by atoms with Gasteiger partial charge in [0.15, 0.2) is 6.20 Å². The molecule has 1 aromatic rings. The molecule has 0 saturated carbocycles. The third kappa shape index (κ3) is 1.18. The van der Waals surface area contributed by atoms with Gasteiger partial charge in [-0.05, 0) is 4.90 Å². The van der Waals surface area contributed by atoms with Crippen LogP contribution >= 0.6 is 0 Å². The van der Waals surface area contributed by atoms with Gasteiger partial charge in [0, 0.05) is 5.16 Å². The molecule has 0 radical (unpaired) electrons. The highest BCUT2D eigenvalue weighted by Crippen LogP contribution is 1.60. The maximum Gasteiger partial charge on any atom is 0.205 e. The lowest BCUT2D eigenvalue weighted by Gasteiger charge is -1.73. The Bertz CT molecular complexity index is 114. The molecule has 5 heteroatoms. The van der Waals surface area contributed by atoms with Crippen LogP contribution < -0.4 is 11.1 Å². The van der Waals surface area contributed by atoms with Gasteiger partial charge in [0.05, 0.1) is 0 Å². The Morgan fingerprint density at radius 2 is 2.43 bits per heavy atom. The lowest BCUT2D eigenvalue weighted by atomic mass is 11.0. The fourth-order valence-electron chi connectivity index (χ4n) is 0.183. The lowest BCUT2D eigenvalue weighted by Crippen LogP contribution is -2.20. The summed E-state index contributed by atoms with van der Waals surface area (Å²) in [7, 11) is 0. The quantitative estimate of drug-likeness (QED) is 0.447. The summed E-state index contributed by atoms with van der Waals surface area (Å²) in [5.74, 6) is 0. The number of hydrogen-bond donors (Lipinski definition) is 1. The van der Waals surface area contributed by atoms with E-state index in [0.717, 1.165) is 0 Å². The molecule has 0 saturated heterocycles. The van der Waals surface area contributed by atoms with Gasteiger partial charge in [-0.15, -0.1) is 0 Å². The van der Waals surface area contributed by atoms with Gasteiger partial charge in [-0.1, -0.05) is 0 Å². The van der Waals surface area contributed by atoms with E-state index >= 15 is 0 Å². The summed E-state index contributed by atoms with van der Waals surface area (Å²) in [6.45, 7) is 0. The van der Waals surface area contributed by atoms with Gasteiger partial charge in [-0.2, -0.15) is 0 Å². The van der Waals surface area contributed by atoms with E-state index in [9.17, 15) is 5.21 Å². The van der Waals surface area contributed by atoms with Gasteiger partial charge in [-0.3, -0.25) is 4.63 Å². The van der Waals surface area contributed by atoms with Crippen molar-refractivity contribution in [2.24, 2.45) is 0 Å². The molecule has 0 amide bonds. The summed E-state index contributed by atoms with van der Waals surface area (Å²) < 4.78 is 3.94. The number of hydrogen-bond acceptors (Lipinski definition) is 4. The Kier molecular flexibility index (Phi) is 1.80. The SMILES string of the molecule is N.[O-][n+]1ccno1. The van der Waals surface area contributed by atoms with E-state index < -0.39 is 0 Å². The van der Waals surface area contributed by atoms with Crippen molar-refractivity contribution >= 4 is 0 Å². The third-order valence-electron chi connectivity index (χ3n) is 0.377. The first-order valence-electron chi connectivity index (χ1n) is 1.40. The standard InChI is InChI=1S/C2H2N2O2.H3N/c5-4-2-1-3-6-4;/h1-2H;1H3. The fraction of sp³-hybridized carbons (Fsp3) is 0. The van der Waals surface area contributed by atoms with Gasteiger partial charge in [0.2, 0.25) is 6.20 Å². The summed E-state index contributed by atoms with van der Waals surface area (Å²) >= 11 is 0. The predicted molar refractivity (Wildman–Crippen MR) is 20.5 cm³/mol. The molecular weight excluding hydrogens is 98.0 g/mol. The molecule has 1 aromatic heterocycles. The van der Waals surface area contributed by atoms with E-state index in [1.165, 1.54) is 12.4 Å². The van der Waals surface area contributed by atoms with Crippen molar-refractivity contribution in [1.82, 2.24) is 11.3 Å². The van der Waals surface area contributed by atoms with Crippen molar-refractivity contribution in [3.05, 3.63) is 17.6 Å². The van der Waals surface area contributed by atoms with Crippen molar-refractivity contribution in [2.45, 2.75) is 0 Å². The molecule has 0 aliphatic carbocycles. The van der Waals surface area contributed by atoms with Crippen LogP contribution in [0.1, 0.15) is 0 Å². The van der Waals surface area contributed by atoms with Crippen LogP contribution in [0, 0.1) is 5.21 Å². The second-order valence-corrected chi connectivity index (χ2v) is 0.771. The second kappa shape index (κ2) is 2.14. The maximum absolute atomic E-state index is 9.76. The van der Waals surface area contributed by atoms with Gasteiger partial charge >= 0.3 is 0 Å². The Morgan fingerprint density at radius 1 is 1.71 bits per heavy atom. The zero-order valence-corrected chi connectivity index (χ0v) is 3.57. The zero-order valence-electron chi connectivity index (χ0n) is 3.57. The Labute approximate surface area is 39.7 Å². The van der Waals surface area contributed by atoms with E-state index in [1.54, 1.807) is 0 Å². The van der Waals surface area contributed by atoms with E-state index in [0.29, 0.717) is 0 Å². The summed E-state index contributed by atoms with van der Waals surface area (Å²) in [6, 6.07) is 0. The minimum absolute atomic E-state index is 0. The monoisotopic (exact) mass is 103 g/mol. The highest BCUT2D eigenvalue weighted by molar-refractivity contribution is 4.45. The van der Waals surface area contributed by atoms with Crippen LogP contribution in [0.15, 0.2) is 17.0 Å². The van der Waals surface area contributed by atoms with Gasteiger partial charge in [0.1, 0.15) is 0 Å². The molecule has 0 aromatic carbocycles. The van der Waals surface area contributed by atoms with Crippen molar-refractivity contribution in [1.29, 1.82) is 0 Å². The molecule has 0 unspecified atom stereocenters. The van der Waals surface area contributed by atoms with Crippen LogP contribution in [-0.2, 0) is 0 Å². The van der Waals surface area contributed by atoms with Crippen molar-refractivity contribution in [3.63, 3.8) is 0 Å². The number of rotatable bonds is 0. The molecule has 7 heavy (non-hydrogen) atoms. The zero-order chi connectivity index (χ0) is 4.41. The molecule has 0 fully saturated rings. The van der Waals surface area contributed by atoms with E-state index in [1.807, 2.05) is 0 Å². The number of nitrogens with zero attached hydrogens (tertiary/aromatic N) is 2. The minimum Gasteiger partial charge on any atom is -0.360 e. The van der Waals surface area contributed by atoms with Gasteiger partial charge in [-0.25, -0.2) is 0 Å². The van der Waals surface area contributed by atoms with Crippen molar-refractivity contribution in [3.8, 4) is 0 Å². The smallest absolute Gasteiger partial charge is 0.205 e. The maximum atomic E-state index is 9.76. The largest absolute Gasteiger partial charge is 0.360 e. The first-order chi connectivity index (χ1) is 2.89. The topological polar surface area (TPSA) is 88.0 Å². The van der Waals surface area contributed by atoms with E-state index in [-0.39, 0.29) is 11.1 Å². The molecule has 0 bridgehead atoms. The normalized spacial score (nSPS) is 7.43. The lowest BCUT2D eigenvalue weighted by molar-refractivity contribution is -0.802. The van der Waals surface area contributed by atoms with E-state index in [4.69, 9.17) is 0 Å². The Morgan fingerprint density at radius 3 is 2.57 bits per heavy atom. The molecule has 5 nitrogen and oxygen atoms in total. The average Bonchev–Trinajstić information content (AvgIpc) is 1.86. The summed E-state index contributed by atoms with van der Waals surface area (Å²) in [6.07, 6.45) is 2.44. The molecule has 1 heterocycles. The molecule has 1 rings (SSSR count). The Hall–Kier alpha value is -1.10. The fourth-order valence-corrected chi connectivity index (χ4v) is 0.183. The summed E-state index contributed by atoms with van der Waals surface area (Å²) in [5, 5.41) is 12.9. The summed E-state index contributed by atoms with van der Waals surface area (Å²) in [4.78, 5) is 0.264. The van der Waals surface area contributed by atoms with Gasteiger partial charge < -0.3 is 11.4 Å². The molecule has 0 aliphatic rings. The molecular formula is C2H5N3O2. The van der Waals surface area contributed by atoms with Crippen molar-refractivity contribution < 1.29 is 9.53 Å². The molecule has 3 N–H and O–H groups in total. The average molecular weight is 103 g/mol. The third-order valence-corrected chi connectivity index (χ3v) is 0.377. The molecule has 40 valence electrons. The van der Waals surface area contributed by atoms with Crippen molar-refractivity contribution in [2.75, 3.05) is 0 Å². The second-order valence-electron chi connectivity index (χ2n) is 0.771. The molecule has 0 atom stereocenters. The first kappa shape index (κ1) is 5.90. The first-order valence-corrected chi connectivity index (χ1v) is 1.40. The van der Waals surface area contributed by atoms with Crippen LogP contribution in [0.3, 0.4) is 0 Å². The van der Waals surface area contributed by atoms with E-state index in [2.05, 4.69) is 9.79 Å². The minimum atomic E-state index is 0. The molecule has 0 spiro atoms. The van der Waals surface area contributed by atoms with Crippen LogP contribution in [0.5, 0.6) is 0 Å². The summed E-state index contributed by atoms with van der Waals surface area (Å²) in [5.41, 5.74) is 0. The van der Waals surface area contributed by atoms with Gasteiger partial charge in [0.25, 0.3) is 0 Å². The van der Waals surface area contributed by atoms with Crippen LogP contribution in [0.2, 0.25) is 0 Å². The number of aromatic nitrogens is 2. The Balaban J connectivity index is 0.000000360. The molecule has 0 aliphatic heterocycles.